The van der Waals surface area contributed by atoms with E-state index < -0.39 is 0 Å². The minimum atomic E-state index is 0.866. The van der Waals surface area contributed by atoms with Gasteiger partial charge in [-0.2, -0.15) is 0 Å². The van der Waals surface area contributed by atoms with E-state index in [4.69, 9.17) is 4.74 Å². The van der Waals surface area contributed by atoms with Gasteiger partial charge in [0.05, 0.1) is 12.6 Å². The van der Waals surface area contributed by atoms with Gasteiger partial charge in [0, 0.05) is 30.0 Å². The molecule has 0 radical (unpaired) electrons. The average molecular weight is 264 g/mol. The Hall–Kier alpha value is -2.55. The van der Waals surface area contributed by atoms with Gasteiger partial charge in [-0.05, 0) is 48.5 Å². The number of hydrogen-bond donors (Lipinski definition) is 0. The van der Waals surface area contributed by atoms with E-state index in [0.717, 1.165) is 28.0 Å². The lowest BCUT2D eigenvalue weighted by atomic mass is 10.2. The summed E-state index contributed by atoms with van der Waals surface area (Å²) in [6.45, 7) is 0. The molecule has 0 saturated carbocycles. The number of benzene rings is 2. The van der Waals surface area contributed by atoms with Gasteiger partial charge in [-0.3, -0.25) is 4.98 Å². The highest BCUT2D eigenvalue weighted by atomic mass is 16.5. The third-order valence-electron chi connectivity index (χ3n) is 3.43. The van der Waals surface area contributed by atoms with E-state index in [0.29, 0.717) is 0 Å². The van der Waals surface area contributed by atoms with E-state index in [1.54, 1.807) is 7.11 Å². The third-order valence-corrected chi connectivity index (χ3v) is 3.43. The number of nitrogens with zero attached hydrogens (tertiary/aromatic N) is 2. The molecule has 0 fully saturated rings. The van der Waals surface area contributed by atoms with Crippen molar-refractivity contribution < 1.29 is 4.74 Å². The number of aromatic nitrogens is 1. The maximum Gasteiger partial charge on any atom is 0.119 e. The lowest BCUT2D eigenvalue weighted by molar-refractivity contribution is 0.415. The van der Waals surface area contributed by atoms with Crippen molar-refractivity contribution in [3.8, 4) is 5.75 Å². The monoisotopic (exact) mass is 264 g/mol. The largest absolute Gasteiger partial charge is 0.497 e. The SMILES string of the molecule is COc1ccc(N(C)c2ccc3ncccc3c2)cc1. The molecule has 100 valence electrons. The van der Waals surface area contributed by atoms with Crippen LogP contribution in [0.25, 0.3) is 10.9 Å². The molecule has 0 aliphatic carbocycles. The first kappa shape index (κ1) is 12.5. The van der Waals surface area contributed by atoms with Crippen molar-refractivity contribution in [2.24, 2.45) is 0 Å². The van der Waals surface area contributed by atoms with Crippen molar-refractivity contribution in [3.63, 3.8) is 0 Å². The quantitative estimate of drug-likeness (QED) is 0.714. The van der Waals surface area contributed by atoms with E-state index in [2.05, 4.69) is 35.1 Å². The molecule has 0 bridgehead atoms. The fourth-order valence-corrected chi connectivity index (χ4v) is 2.23. The van der Waals surface area contributed by atoms with Crippen LogP contribution in [0.5, 0.6) is 5.75 Å². The molecular formula is C17H16N2O. The molecule has 3 heteroatoms. The molecule has 0 aliphatic rings. The maximum absolute atomic E-state index is 5.19. The topological polar surface area (TPSA) is 25.4 Å². The molecule has 0 unspecified atom stereocenters. The second kappa shape index (κ2) is 5.21. The first-order valence-electron chi connectivity index (χ1n) is 6.50. The van der Waals surface area contributed by atoms with Crippen molar-refractivity contribution in [2.75, 3.05) is 19.1 Å². The minimum absolute atomic E-state index is 0.866. The molecule has 0 amide bonds. The molecule has 2 aromatic carbocycles. The molecule has 0 saturated heterocycles. The van der Waals surface area contributed by atoms with Crippen molar-refractivity contribution >= 4 is 22.3 Å². The molecule has 0 N–H and O–H groups in total. The smallest absolute Gasteiger partial charge is 0.119 e. The Kier molecular flexibility index (Phi) is 3.25. The highest BCUT2D eigenvalue weighted by molar-refractivity contribution is 5.83. The van der Waals surface area contributed by atoms with Crippen LogP contribution in [0.1, 0.15) is 0 Å². The van der Waals surface area contributed by atoms with Crippen molar-refractivity contribution in [1.29, 1.82) is 0 Å². The summed E-state index contributed by atoms with van der Waals surface area (Å²) in [6.07, 6.45) is 1.81. The Morgan fingerprint density at radius 2 is 1.70 bits per heavy atom. The average Bonchev–Trinajstić information content (AvgIpc) is 2.54. The molecule has 20 heavy (non-hydrogen) atoms. The van der Waals surface area contributed by atoms with Crippen LogP contribution >= 0.6 is 0 Å². The molecule has 0 aliphatic heterocycles. The van der Waals surface area contributed by atoms with Gasteiger partial charge in [0.15, 0.2) is 0 Å². The molecule has 3 nitrogen and oxygen atoms in total. The predicted molar refractivity (Wildman–Crippen MR) is 82.8 cm³/mol. The lowest BCUT2D eigenvalue weighted by Gasteiger charge is -2.20. The summed E-state index contributed by atoms with van der Waals surface area (Å²) < 4.78 is 5.19. The molecule has 1 aromatic heterocycles. The second-order valence-electron chi connectivity index (χ2n) is 4.64. The molecular weight excluding hydrogens is 248 g/mol. The Bertz CT molecular complexity index is 722. The van der Waals surface area contributed by atoms with Gasteiger partial charge in [0.25, 0.3) is 0 Å². The number of rotatable bonds is 3. The number of pyridine rings is 1. The Morgan fingerprint density at radius 1 is 0.950 bits per heavy atom. The third kappa shape index (κ3) is 2.30. The molecule has 0 atom stereocenters. The zero-order chi connectivity index (χ0) is 13.9. The van der Waals surface area contributed by atoms with Crippen LogP contribution in [0.2, 0.25) is 0 Å². The van der Waals surface area contributed by atoms with E-state index in [-0.39, 0.29) is 0 Å². The van der Waals surface area contributed by atoms with Crippen LogP contribution in [0.15, 0.2) is 60.8 Å². The van der Waals surface area contributed by atoms with Crippen LogP contribution in [0.4, 0.5) is 11.4 Å². The molecule has 1 heterocycles. The first-order valence-corrected chi connectivity index (χ1v) is 6.50. The lowest BCUT2D eigenvalue weighted by Crippen LogP contribution is -2.09. The zero-order valence-electron chi connectivity index (χ0n) is 11.6. The highest BCUT2D eigenvalue weighted by Gasteiger charge is 2.05. The minimum Gasteiger partial charge on any atom is -0.497 e. The zero-order valence-corrected chi connectivity index (χ0v) is 11.6. The van der Waals surface area contributed by atoms with Crippen molar-refractivity contribution in [3.05, 3.63) is 60.8 Å². The van der Waals surface area contributed by atoms with Crippen molar-refractivity contribution in [1.82, 2.24) is 4.98 Å². The number of methoxy groups -OCH3 is 1. The first-order chi connectivity index (χ1) is 9.78. The summed E-state index contributed by atoms with van der Waals surface area (Å²) >= 11 is 0. The van der Waals surface area contributed by atoms with E-state index in [9.17, 15) is 0 Å². The highest BCUT2D eigenvalue weighted by Crippen LogP contribution is 2.27. The number of anilines is 2. The van der Waals surface area contributed by atoms with Crippen LogP contribution in [-0.4, -0.2) is 19.1 Å². The van der Waals surface area contributed by atoms with Crippen LogP contribution < -0.4 is 9.64 Å². The summed E-state index contributed by atoms with van der Waals surface area (Å²) in [4.78, 5) is 6.49. The fraction of sp³-hybridized carbons (Fsp3) is 0.118. The van der Waals surface area contributed by atoms with Gasteiger partial charge in [0.2, 0.25) is 0 Å². The second-order valence-corrected chi connectivity index (χ2v) is 4.64. The Balaban J connectivity index is 1.96. The van der Waals surface area contributed by atoms with E-state index >= 15 is 0 Å². The van der Waals surface area contributed by atoms with Gasteiger partial charge < -0.3 is 9.64 Å². The van der Waals surface area contributed by atoms with Crippen molar-refractivity contribution in [2.45, 2.75) is 0 Å². The summed E-state index contributed by atoms with van der Waals surface area (Å²) in [5.74, 6) is 0.866. The fourth-order valence-electron chi connectivity index (χ4n) is 2.23. The summed E-state index contributed by atoms with van der Waals surface area (Å²) in [5.41, 5.74) is 3.27. The van der Waals surface area contributed by atoms with E-state index in [1.165, 1.54) is 0 Å². The van der Waals surface area contributed by atoms with Crippen LogP contribution in [0, 0.1) is 0 Å². The van der Waals surface area contributed by atoms with Gasteiger partial charge in [-0.15, -0.1) is 0 Å². The van der Waals surface area contributed by atoms with Gasteiger partial charge in [-0.1, -0.05) is 6.07 Å². The van der Waals surface area contributed by atoms with E-state index in [1.807, 2.05) is 42.6 Å². The Labute approximate surface area is 118 Å². The Morgan fingerprint density at radius 3 is 2.45 bits per heavy atom. The molecule has 3 aromatic rings. The van der Waals surface area contributed by atoms with Gasteiger partial charge in [-0.25, -0.2) is 0 Å². The molecule has 0 spiro atoms. The van der Waals surface area contributed by atoms with Gasteiger partial charge >= 0.3 is 0 Å². The summed E-state index contributed by atoms with van der Waals surface area (Å²) in [6, 6.07) is 18.3. The summed E-state index contributed by atoms with van der Waals surface area (Å²) in [5, 5.41) is 1.14. The van der Waals surface area contributed by atoms with Crippen LogP contribution in [0.3, 0.4) is 0 Å². The number of fused-ring (bicyclic) bond motifs is 1. The predicted octanol–water partition coefficient (Wildman–Crippen LogP) is 4.01. The van der Waals surface area contributed by atoms with Crippen LogP contribution in [-0.2, 0) is 0 Å². The van der Waals surface area contributed by atoms with Gasteiger partial charge in [0.1, 0.15) is 5.75 Å². The summed E-state index contributed by atoms with van der Waals surface area (Å²) in [7, 11) is 3.73. The number of ether oxygens (including phenoxy) is 1. The molecule has 3 rings (SSSR count). The number of hydrogen-bond acceptors (Lipinski definition) is 3. The standard InChI is InChI=1S/C17H16N2O/c1-19(14-5-8-16(20-2)9-6-14)15-7-10-17-13(12-15)4-3-11-18-17/h3-12H,1-2H3. The normalized spacial score (nSPS) is 10.5. The maximum atomic E-state index is 5.19.